The summed E-state index contributed by atoms with van der Waals surface area (Å²) in [7, 11) is 3.52. The van der Waals surface area contributed by atoms with Crippen molar-refractivity contribution in [2.45, 2.75) is 32.2 Å². The Morgan fingerprint density at radius 2 is 1.90 bits per heavy atom. The van der Waals surface area contributed by atoms with Gasteiger partial charge in [0.05, 0.1) is 5.54 Å². The number of nitrogens with zero attached hydrogens (tertiary/aromatic N) is 1. The maximum atomic E-state index is 12.5. The summed E-state index contributed by atoms with van der Waals surface area (Å²) in [4.78, 5) is 14.2. The third kappa shape index (κ3) is 3.72. The van der Waals surface area contributed by atoms with Crippen molar-refractivity contribution in [2.75, 3.05) is 14.1 Å². The average molecular weight is 289 g/mol. The molecule has 0 spiro atoms. The highest BCUT2D eigenvalue weighted by Gasteiger charge is 2.35. The Morgan fingerprint density at radius 1 is 1.30 bits per heavy atom. The van der Waals surface area contributed by atoms with Gasteiger partial charge in [-0.25, -0.2) is 0 Å². The maximum Gasteiger partial charge on any atom is 0.573 e. The van der Waals surface area contributed by atoms with Crippen molar-refractivity contribution < 1.29 is 22.7 Å². The van der Waals surface area contributed by atoms with Crippen LogP contribution in [-0.2, 0) is 0 Å². The van der Waals surface area contributed by atoms with Gasteiger partial charge in [0.1, 0.15) is 5.75 Å². The summed E-state index contributed by atoms with van der Waals surface area (Å²) in [5.74, 6) is -0.627. The van der Waals surface area contributed by atoms with E-state index in [9.17, 15) is 18.0 Å². The third-order valence-corrected chi connectivity index (χ3v) is 3.49. The number of benzene rings is 1. The van der Waals surface area contributed by atoms with E-state index in [0.29, 0.717) is 6.42 Å². The van der Waals surface area contributed by atoms with Crippen molar-refractivity contribution >= 4 is 5.78 Å². The van der Waals surface area contributed by atoms with Crippen LogP contribution in [0.5, 0.6) is 5.75 Å². The number of hydrogen-bond donors (Lipinski definition) is 0. The molecule has 112 valence electrons. The highest BCUT2D eigenvalue weighted by Crippen LogP contribution is 2.27. The molecule has 1 aromatic carbocycles. The minimum Gasteiger partial charge on any atom is -0.406 e. The largest absolute Gasteiger partial charge is 0.573 e. The molecule has 0 amide bonds. The molecule has 0 fully saturated rings. The zero-order valence-electron chi connectivity index (χ0n) is 11.9. The molecule has 0 aliphatic rings. The molecule has 1 unspecified atom stereocenters. The molecule has 0 N–H and O–H groups in total. The highest BCUT2D eigenvalue weighted by molar-refractivity contribution is 6.03. The van der Waals surface area contributed by atoms with Crippen LogP contribution in [-0.4, -0.2) is 36.7 Å². The van der Waals surface area contributed by atoms with Crippen LogP contribution in [0.2, 0.25) is 0 Å². The molecule has 3 nitrogen and oxygen atoms in total. The number of Topliss-reactive ketones (excluding diaryl/α,β-unsaturated/α-hetero) is 1. The Bertz CT molecular complexity index is 486. The van der Waals surface area contributed by atoms with E-state index in [0.717, 1.165) is 6.07 Å². The smallest absolute Gasteiger partial charge is 0.406 e. The van der Waals surface area contributed by atoms with Gasteiger partial charge in [0.2, 0.25) is 0 Å². The first-order chi connectivity index (χ1) is 9.10. The van der Waals surface area contributed by atoms with E-state index in [2.05, 4.69) is 4.74 Å². The Labute approximate surface area is 116 Å². The van der Waals surface area contributed by atoms with Gasteiger partial charge in [0, 0.05) is 5.56 Å². The van der Waals surface area contributed by atoms with Crippen molar-refractivity contribution in [3.63, 3.8) is 0 Å². The molecule has 0 saturated heterocycles. The monoisotopic (exact) mass is 289 g/mol. The van der Waals surface area contributed by atoms with Crippen molar-refractivity contribution in [1.29, 1.82) is 0 Å². The van der Waals surface area contributed by atoms with Gasteiger partial charge in [-0.3, -0.25) is 9.69 Å². The summed E-state index contributed by atoms with van der Waals surface area (Å²) in [5.41, 5.74) is -0.568. The first kappa shape index (κ1) is 16.5. The zero-order valence-corrected chi connectivity index (χ0v) is 11.9. The van der Waals surface area contributed by atoms with Crippen LogP contribution < -0.4 is 4.74 Å². The lowest BCUT2D eigenvalue weighted by Crippen LogP contribution is -2.48. The third-order valence-electron chi connectivity index (χ3n) is 3.49. The van der Waals surface area contributed by atoms with Crippen molar-refractivity contribution in [3.05, 3.63) is 29.8 Å². The van der Waals surface area contributed by atoms with Gasteiger partial charge in [0.25, 0.3) is 0 Å². The van der Waals surface area contributed by atoms with E-state index < -0.39 is 11.9 Å². The highest BCUT2D eigenvalue weighted by atomic mass is 19.4. The molecule has 0 aromatic heterocycles. The topological polar surface area (TPSA) is 29.5 Å². The summed E-state index contributed by atoms with van der Waals surface area (Å²) < 4.78 is 40.4. The zero-order chi connectivity index (χ0) is 15.6. The van der Waals surface area contributed by atoms with Crippen LogP contribution in [0.4, 0.5) is 13.2 Å². The summed E-state index contributed by atoms with van der Waals surface area (Å²) >= 11 is 0. The quantitative estimate of drug-likeness (QED) is 0.777. The van der Waals surface area contributed by atoms with E-state index >= 15 is 0 Å². The lowest BCUT2D eigenvalue weighted by atomic mass is 9.87. The molecule has 0 radical (unpaired) electrons. The van der Waals surface area contributed by atoms with E-state index in [4.69, 9.17) is 0 Å². The van der Waals surface area contributed by atoms with Gasteiger partial charge in [-0.15, -0.1) is 13.2 Å². The Balaban J connectivity index is 3.09. The summed E-state index contributed by atoms with van der Waals surface area (Å²) in [6.07, 6.45) is -4.22. The molecular formula is C14H18F3NO2. The molecule has 0 aliphatic carbocycles. The standard InChI is InChI=1S/C14H18F3NO2/c1-5-13(2,18(3)4)12(19)10-7-6-8-11(9-10)20-14(15,16)17/h6-9H,5H2,1-4H3. The molecule has 0 bridgehead atoms. The second-order valence-electron chi connectivity index (χ2n) is 4.93. The lowest BCUT2D eigenvalue weighted by molar-refractivity contribution is -0.274. The molecule has 0 saturated carbocycles. The van der Waals surface area contributed by atoms with Crippen molar-refractivity contribution in [3.8, 4) is 5.75 Å². The van der Waals surface area contributed by atoms with E-state index in [-0.39, 0.29) is 17.1 Å². The number of carbonyl (C=O) groups is 1. The van der Waals surface area contributed by atoms with E-state index in [1.54, 1.807) is 25.9 Å². The molecule has 0 heterocycles. The fourth-order valence-corrected chi connectivity index (χ4v) is 1.83. The van der Waals surface area contributed by atoms with E-state index in [1.807, 2.05) is 6.92 Å². The number of likely N-dealkylation sites (N-methyl/N-ethyl adjacent to an activating group) is 1. The SMILES string of the molecule is CCC(C)(C(=O)c1cccc(OC(F)(F)F)c1)N(C)C. The number of alkyl halides is 3. The second-order valence-corrected chi connectivity index (χ2v) is 4.93. The molecular weight excluding hydrogens is 271 g/mol. The number of ether oxygens (including phenoxy) is 1. The lowest BCUT2D eigenvalue weighted by Gasteiger charge is -2.34. The number of ketones is 1. The summed E-state index contributed by atoms with van der Waals surface area (Å²) in [6.45, 7) is 3.61. The summed E-state index contributed by atoms with van der Waals surface area (Å²) in [6, 6.07) is 5.15. The normalized spacial score (nSPS) is 15.0. The fraction of sp³-hybridized carbons (Fsp3) is 0.500. The Hall–Kier alpha value is -1.56. The number of hydrogen-bond acceptors (Lipinski definition) is 3. The Morgan fingerprint density at radius 3 is 2.35 bits per heavy atom. The first-order valence-corrected chi connectivity index (χ1v) is 6.18. The summed E-state index contributed by atoms with van der Waals surface area (Å²) in [5, 5.41) is 0. The maximum absolute atomic E-state index is 12.5. The van der Waals surface area contributed by atoms with Crippen molar-refractivity contribution in [1.82, 2.24) is 4.90 Å². The minimum absolute atomic E-state index is 0.199. The minimum atomic E-state index is -4.77. The molecule has 1 aromatic rings. The van der Waals surface area contributed by atoms with Gasteiger partial charge in [-0.2, -0.15) is 0 Å². The van der Waals surface area contributed by atoms with Gasteiger partial charge < -0.3 is 4.74 Å². The van der Waals surface area contributed by atoms with Gasteiger partial charge in [-0.05, 0) is 39.6 Å². The van der Waals surface area contributed by atoms with Crippen LogP contribution in [0.25, 0.3) is 0 Å². The predicted octanol–water partition coefficient (Wildman–Crippen LogP) is 3.50. The Kier molecular flexibility index (Phi) is 4.81. The van der Waals surface area contributed by atoms with Gasteiger partial charge in [0.15, 0.2) is 5.78 Å². The number of rotatable bonds is 5. The molecule has 1 atom stereocenters. The fourth-order valence-electron chi connectivity index (χ4n) is 1.83. The second kappa shape index (κ2) is 5.83. The van der Waals surface area contributed by atoms with Crippen LogP contribution in [0.1, 0.15) is 30.6 Å². The van der Waals surface area contributed by atoms with Crippen molar-refractivity contribution in [2.24, 2.45) is 0 Å². The van der Waals surface area contributed by atoms with Crippen LogP contribution in [0, 0.1) is 0 Å². The predicted molar refractivity (Wildman–Crippen MR) is 69.8 cm³/mol. The average Bonchev–Trinajstić information content (AvgIpc) is 2.34. The molecule has 6 heteroatoms. The van der Waals surface area contributed by atoms with Crippen LogP contribution in [0.3, 0.4) is 0 Å². The first-order valence-electron chi connectivity index (χ1n) is 6.18. The number of carbonyl (C=O) groups excluding carboxylic acids is 1. The molecule has 0 aliphatic heterocycles. The van der Waals surface area contributed by atoms with Gasteiger partial charge in [-0.1, -0.05) is 19.1 Å². The van der Waals surface area contributed by atoms with Crippen LogP contribution in [0.15, 0.2) is 24.3 Å². The van der Waals surface area contributed by atoms with E-state index in [1.165, 1.54) is 18.2 Å². The molecule has 20 heavy (non-hydrogen) atoms. The molecule has 1 rings (SSSR count). The number of halogens is 3. The van der Waals surface area contributed by atoms with Crippen LogP contribution >= 0.6 is 0 Å². The van der Waals surface area contributed by atoms with Gasteiger partial charge >= 0.3 is 6.36 Å².